The second-order valence-electron chi connectivity index (χ2n) is 12.9. The predicted molar refractivity (Wildman–Crippen MR) is 167 cm³/mol. The van der Waals surface area contributed by atoms with Gasteiger partial charge in [-0.15, -0.1) is 0 Å². The van der Waals surface area contributed by atoms with Gasteiger partial charge < -0.3 is 20.4 Å². The van der Waals surface area contributed by atoms with Gasteiger partial charge in [0.2, 0.25) is 5.91 Å². The number of nitrogens with zero attached hydrogens (tertiary/aromatic N) is 1. The molecule has 0 saturated heterocycles. The molecule has 2 aromatic rings. The van der Waals surface area contributed by atoms with Gasteiger partial charge >= 0.3 is 0 Å². The van der Waals surface area contributed by atoms with E-state index in [9.17, 15) is 4.79 Å². The fraction of sp³-hybridized carbons (Fsp3) is 0.543. The van der Waals surface area contributed by atoms with Crippen molar-refractivity contribution < 1.29 is 9.53 Å². The third-order valence-corrected chi connectivity index (χ3v) is 8.71. The van der Waals surface area contributed by atoms with Gasteiger partial charge in [0, 0.05) is 41.7 Å². The van der Waals surface area contributed by atoms with E-state index >= 15 is 0 Å². The van der Waals surface area contributed by atoms with Crippen molar-refractivity contribution in [2.45, 2.75) is 96.9 Å². The Labute approximate surface area is 241 Å². The predicted octanol–water partition coefficient (Wildman–Crippen LogP) is 8.27. The number of anilines is 1. The summed E-state index contributed by atoms with van der Waals surface area (Å²) in [5.74, 6) is 2.43. The lowest BCUT2D eigenvalue weighted by Crippen LogP contribution is -2.41. The third kappa shape index (κ3) is 7.77. The monoisotopic (exact) mass is 543 g/mol. The largest absolute Gasteiger partial charge is 0.496 e. The molecule has 0 unspecified atom stereocenters. The van der Waals surface area contributed by atoms with Crippen LogP contribution in [0.2, 0.25) is 0 Å². The first-order valence-corrected chi connectivity index (χ1v) is 15.2. The average Bonchev–Trinajstić information content (AvgIpc) is 2.96. The van der Waals surface area contributed by atoms with Gasteiger partial charge in [0.1, 0.15) is 5.75 Å². The summed E-state index contributed by atoms with van der Waals surface area (Å²) >= 11 is 0. The number of hydrogen-bond acceptors (Lipinski definition) is 4. The molecule has 2 aromatic carbocycles. The SMILES string of the molecule is COc1ccc(C2CCC(CN(C(=O)C3CCCCC3)c3cccc(/C(C=N)=C/NC(C)(C)C)c3)CC2)cc1C. The summed E-state index contributed by atoms with van der Waals surface area (Å²) in [4.78, 5) is 16.1. The number of nitrogens with one attached hydrogen (secondary N) is 2. The molecule has 4 rings (SSSR count). The van der Waals surface area contributed by atoms with Gasteiger partial charge in [0.15, 0.2) is 0 Å². The van der Waals surface area contributed by atoms with Gasteiger partial charge in [0.25, 0.3) is 0 Å². The average molecular weight is 544 g/mol. The topological polar surface area (TPSA) is 65.4 Å². The first-order chi connectivity index (χ1) is 19.2. The second-order valence-corrected chi connectivity index (χ2v) is 12.9. The number of carbonyl (C=O) groups excluding carboxylic acids is 1. The Hall–Kier alpha value is -3.08. The molecule has 40 heavy (non-hydrogen) atoms. The van der Waals surface area contributed by atoms with E-state index in [0.29, 0.717) is 11.8 Å². The number of hydrogen-bond donors (Lipinski definition) is 2. The molecular weight excluding hydrogens is 494 g/mol. The second kappa shape index (κ2) is 13.5. The quantitative estimate of drug-likeness (QED) is 0.313. The molecule has 5 nitrogen and oxygen atoms in total. The van der Waals surface area contributed by atoms with Gasteiger partial charge in [0.05, 0.1) is 7.11 Å². The van der Waals surface area contributed by atoms with E-state index in [4.69, 9.17) is 10.1 Å². The molecule has 0 bridgehead atoms. The molecule has 0 aliphatic heterocycles. The van der Waals surface area contributed by atoms with Gasteiger partial charge in [-0.25, -0.2) is 0 Å². The molecule has 0 aromatic heterocycles. The van der Waals surface area contributed by atoms with Crippen LogP contribution in [0.3, 0.4) is 0 Å². The van der Waals surface area contributed by atoms with Crippen LogP contribution in [0, 0.1) is 24.2 Å². The zero-order chi connectivity index (χ0) is 28.7. The molecule has 2 N–H and O–H groups in total. The highest BCUT2D eigenvalue weighted by atomic mass is 16.5. The number of allylic oxidation sites excluding steroid dienone is 1. The number of aryl methyl sites for hydroxylation is 1. The number of rotatable bonds is 9. The van der Waals surface area contributed by atoms with Crippen LogP contribution in [0.4, 0.5) is 5.69 Å². The number of amides is 1. The van der Waals surface area contributed by atoms with Gasteiger partial charge in [-0.05, 0) is 113 Å². The van der Waals surface area contributed by atoms with Crippen LogP contribution in [-0.2, 0) is 4.79 Å². The lowest BCUT2D eigenvalue weighted by atomic mass is 9.78. The summed E-state index contributed by atoms with van der Waals surface area (Å²) in [5.41, 5.74) is 5.26. The zero-order valence-corrected chi connectivity index (χ0v) is 25.3. The van der Waals surface area contributed by atoms with Crippen molar-refractivity contribution in [1.82, 2.24) is 5.32 Å². The summed E-state index contributed by atoms with van der Waals surface area (Å²) in [6.45, 7) is 9.22. The van der Waals surface area contributed by atoms with Crippen LogP contribution in [-0.4, -0.2) is 31.3 Å². The van der Waals surface area contributed by atoms with Crippen molar-refractivity contribution in [2.24, 2.45) is 11.8 Å². The smallest absolute Gasteiger partial charge is 0.230 e. The maximum absolute atomic E-state index is 14.0. The van der Waals surface area contributed by atoms with E-state index in [-0.39, 0.29) is 17.4 Å². The maximum Gasteiger partial charge on any atom is 0.230 e. The number of carbonyl (C=O) groups is 1. The normalized spacial score (nSPS) is 20.6. The molecule has 5 heteroatoms. The van der Waals surface area contributed by atoms with Crippen LogP contribution in [0.25, 0.3) is 5.57 Å². The highest BCUT2D eigenvalue weighted by Gasteiger charge is 2.31. The van der Waals surface area contributed by atoms with Crippen LogP contribution in [0.15, 0.2) is 48.7 Å². The summed E-state index contributed by atoms with van der Waals surface area (Å²) in [6.07, 6.45) is 13.4. The molecule has 216 valence electrons. The van der Waals surface area contributed by atoms with Crippen LogP contribution >= 0.6 is 0 Å². The zero-order valence-electron chi connectivity index (χ0n) is 25.3. The maximum atomic E-state index is 14.0. The fourth-order valence-electron chi connectivity index (χ4n) is 6.34. The van der Waals surface area contributed by atoms with E-state index in [1.807, 2.05) is 18.3 Å². The Morgan fingerprint density at radius 2 is 1.75 bits per heavy atom. The van der Waals surface area contributed by atoms with Gasteiger partial charge in [-0.2, -0.15) is 0 Å². The van der Waals surface area contributed by atoms with E-state index in [1.54, 1.807) is 7.11 Å². The van der Waals surface area contributed by atoms with Crippen LogP contribution in [0.1, 0.15) is 101 Å². The van der Waals surface area contributed by atoms with Crippen molar-refractivity contribution in [3.05, 3.63) is 65.4 Å². The van der Waals surface area contributed by atoms with E-state index in [0.717, 1.165) is 80.5 Å². The molecule has 1 amide bonds. The first kappa shape index (κ1) is 29.9. The van der Waals surface area contributed by atoms with Crippen molar-refractivity contribution in [1.29, 1.82) is 5.41 Å². The van der Waals surface area contributed by atoms with Crippen molar-refractivity contribution >= 4 is 23.4 Å². The Kier molecular flexibility index (Phi) is 10.1. The molecule has 2 fully saturated rings. The Bertz CT molecular complexity index is 1180. The molecule has 2 saturated carbocycles. The van der Waals surface area contributed by atoms with E-state index < -0.39 is 0 Å². The first-order valence-electron chi connectivity index (χ1n) is 15.2. The lowest BCUT2D eigenvalue weighted by molar-refractivity contribution is -0.123. The number of benzene rings is 2. The van der Waals surface area contributed by atoms with Crippen molar-refractivity contribution in [3.63, 3.8) is 0 Å². The minimum Gasteiger partial charge on any atom is -0.496 e. The van der Waals surface area contributed by atoms with Crippen molar-refractivity contribution in [3.8, 4) is 5.75 Å². The standard InChI is InChI=1S/C35H49N3O2/c1-25-20-30(18-19-33(25)40-5)27-16-14-26(15-17-27)24-38(34(39)28-10-7-6-8-11-28)32-13-9-12-29(21-32)31(22-36)23-37-35(2,3)4/h9,12-13,18-23,26-28,36-37H,6-8,10-11,14-17,24H2,1-5H3/b31-23+,36-22?. The molecule has 0 atom stereocenters. The highest BCUT2D eigenvalue weighted by molar-refractivity contribution is 6.08. The highest BCUT2D eigenvalue weighted by Crippen LogP contribution is 2.38. The molecule has 2 aliphatic rings. The molecule has 2 aliphatic carbocycles. The minimum absolute atomic E-state index is 0.0851. The van der Waals surface area contributed by atoms with Crippen LogP contribution < -0.4 is 15.0 Å². The minimum atomic E-state index is -0.0851. The summed E-state index contributed by atoms with van der Waals surface area (Å²) < 4.78 is 5.46. The van der Waals surface area contributed by atoms with E-state index in [1.165, 1.54) is 23.8 Å². The summed E-state index contributed by atoms with van der Waals surface area (Å²) in [6, 6.07) is 14.9. The summed E-state index contributed by atoms with van der Waals surface area (Å²) in [7, 11) is 1.73. The number of methoxy groups -OCH3 is 1. The molecule has 0 spiro atoms. The molecular formula is C35H49N3O2. The molecule has 0 heterocycles. The van der Waals surface area contributed by atoms with E-state index in [2.05, 4.69) is 68.2 Å². The summed E-state index contributed by atoms with van der Waals surface area (Å²) in [5, 5.41) is 11.4. The van der Waals surface area contributed by atoms with Gasteiger partial charge in [-0.3, -0.25) is 4.79 Å². The van der Waals surface area contributed by atoms with Gasteiger partial charge in [-0.1, -0.05) is 43.5 Å². The van der Waals surface area contributed by atoms with Crippen molar-refractivity contribution in [2.75, 3.05) is 18.6 Å². The lowest BCUT2D eigenvalue weighted by Gasteiger charge is -2.35. The Balaban J connectivity index is 1.52. The third-order valence-electron chi connectivity index (χ3n) is 8.71. The van der Waals surface area contributed by atoms with Crippen LogP contribution in [0.5, 0.6) is 5.75 Å². The number of ether oxygens (including phenoxy) is 1. The fourth-order valence-corrected chi connectivity index (χ4v) is 6.34. The molecule has 0 radical (unpaired) electrons. The Morgan fingerprint density at radius 3 is 2.38 bits per heavy atom. The Morgan fingerprint density at radius 1 is 1.02 bits per heavy atom.